The van der Waals surface area contributed by atoms with Crippen LogP contribution in [-0.4, -0.2) is 25.5 Å². The summed E-state index contributed by atoms with van der Waals surface area (Å²) in [6, 6.07) is 14.4. The second-order valence-electron chi connectivity index (χ2n) is 6.56. The maximum Gasteiger partial charge on any atom is 0.247 e. The van der Waals surface area contributed by atoms with Crippen molar-refractivity contribution in [3.05, 3.63) is 67.5 Å². The van der Waals surface area contributed by atoms with E-state index in [0.717, 1.165) is 27.8 Å². The number of phenolic OH excluding ortho intramolecular Hbond substituents is 1. The summed E-state index contributed by atoms with van der Waals surface area (Å²) in [7, 11) is 1.92. The van der Waals surface area contributed by atoms with E-state index >= 15 is 0 Å². The Bertz CT molecular complexity index is 1230. The standard InChI is InChI=1S/C22H19N5O2/c1-3-17(29)26-15-8-4-14(5-9-15)20-18(13-6-10-16(28)11-7-13)19-21(23)24-12-25-22(19)27(20)2/h3-12,28H,1H2,2H3,(H,26,29)(H2,23,24,25). The highest BCUT2D eigenvalue weighted by Crippen LogP contribution is 2.41. The van der Waals surface area contributed by atoms with Crippen LogP contribution in [0, 0.1) is 0 Å². The average molecular weight is 385 g/mol. The Morgan fingerprint density at radius 2 is 1.76 bits per heavy atom. The number of amides is 1. The van der Waals surface area contributed by atoms with Crippen molar-refractivity contribution < 1.29 is 9.90 Å². The molecule has 7 heteroatoms. The van der Waals surface area contributed by atoms with Gasteiger partial charge >= 0.3 is 0 Å². The molecule has 2 aromatic heterocycles. The fourth-order valence-corrected chi connectivity index (χ4v) is 3.43. The lowest BCUT2D eigenvalue weighted by molar-refractivity contribution is -0.111. The van der Waals surface area contributed by atoms with Crippen LogP contribution in [0.3, 0.4) is 0 Å². The van der Waals surface area contributed by atoms with Gasteiger partial charge in [0.1, 0.15) is 23.5 Å². The SMILES string of the molecule is C=CC(=O)Nc1ccc(-c2c(-c3ccc(O)cc3)c3c(N)ncnc3n2C)cc1. The van der Waals surface area contributed by atoms with Gasteiger partial charge in [-0.3, -0.25) is 4.79 Å². The van der Waals surface area contributed by atoms with E-state index in [2.05, 4.69) is 21.9 Å². The molecule has 0 aliphatic rings. The Balaban J connectivity index is 1.94. The van der Waals surface area contributed by atoms with Crippen LogP contribution in [0.4, 0.5) is 11.5 Å². The van der Waals surface area contributed by atoms with Crippen LogP contribution >= 0.6 is 0 Å². The molecule has 0 unspecified atom stereocenters. The number of nitrogens with zero attached hydrogens (tertiary/aromatic N) is 3. The monoisotopic (exact) mass is 385 g/mol. The summed E-state index contributed by atoms with van der Waals surface area (Å²) in [5.74, 6) is 0.298. The Morgan fingerprint density at radius 3 is 2.41 bits per heavy atom. The lowest BCUT2D eigenvalue weighted by atomic mass is 9.98. The molecule has 0 saturated heterocycles. The Hall–Kier alpha value is -4.13. The van der Waals surface area contributed by atoms with Gasteiger partial charge in [-0.2, -0.15) is 0 Å². The van der Waals surface area contributed by atoms with Crippen LogP contribution in [0.5, 0.6) is 5.75 Å². The van der Waals surface area contributed by atoms with Gasteiger partial charge < -0.3 is 20.7 Å². The van der Waals surface area contributed by atoms with Gasteiger partial charge in [-0.05, 0) is 41.5 Å². The Labute approximate surface area is 167 Å². The number of rotatable bonds is 4. The number of aromatic nitrogens is 3. The number of nitrogens with one attached hydrogen (secondary N) is 1. The minimum absolute atomic E-state index is 0.182. The first-order chi connectivity index (χ1) is 14.0. The van der Waals surface area contributed by atoms with Crippen molar-refractivity contribution >= 4 is 28.4 Å². The smallest absolute Gasteiger partial charge is 0.247 e. The molecule has 0 spiro atoms. The molecule has 144 valence electrons. The number of nitrogen functional groups attached to an aromatic ring is 1. The lowest BCUT2D eigenvalue weighted by Crippen LogP contribution is -2.06. The molecule has 1 amide bonds. The van der Waals surface area contributed by atoms with E-state index in [-0.39, 0.29) is 11.7 Å². The number of nitrogens with two attached hydrogens (primary N) is 1. The third-order valence-electron chi connectivity index (χ3n) is 4.76. The predicted molar refractivity (Wildman–Crippen MR) is 114 cm³/mol. The van der Waals surface area contributed by atoms with Gasteiger partial charge in [0.2, 0.25) is 5.91 Å². The summed E-state index contributed by atoms with van der Waals surface area (Å²) in [4.78, 5) is 20.1. The second kappa shape index (κ2) is 7.12. The molecule has 4 aromatic rings. The molecular formula is C22H19N5O2. The maximum atomic E-state index is 11.5. The summed E-state index contributed by atoms with van der Waals surface area (Å²) in [6.45, 7) is 3.46. The van der Waals surface area contributed by atoms with Gasteiger partial charge in [0, 0.05) is 18.3 Å². The maximum absolute atomic E-state index is 11.5. The average Bonchev–Trinajstić information content (AvgIpc) is 3.03. The normalized spacial score (nSPS) is 10.8. The van der Waals surface area contributed by atoms with E-state index in [1.807, 2.05) is 48.0 Å². The molecule has 29 heavy (non-hydrogen) atoms. The molecule has 0 fully saturated rings. The van der Waals surface area contributed by atoms with Crippen molar-refractivity contribution in [1.82, 2.24) is 14.5 Å². The van der Waals surface area contributed by atoms with Crippen LogP contribution in [-0.2, 0) is 11.8 Å². The summed E-state index contributed by atoms with van der Waals surface area (Å²) in [6.07, 6.45) is 2.66. The Morgan fingerprint density at radius 1 is 1.10 bits per heavy atom. The third kappa shape index (κ3) is 3.19. The number of benzene rings is 2. The number of hydrogen-bond donors (Lipinski definition) is 3. The van der Waals surface area contributed by atoms with Crippen molar-refractivity contribution in [3.8, 4) is 28.1 Å². The zero-order valence-electron chi connectivity index (χ0n) is 15.8. The third-order valence-corrected chi connectivity index (χ3v) is 4.76. The van der Waals surface area contributed by atoms with Gasteiger partial charge in [0.25, 0.3) is 0 Å². The molecule has 0 aliphatic carbocycles. The van der Waals surface area contributed by atoms with Crippen LogP contribution < -0.4 is 11.1 Å². The lowest BCUT2D eigenvalue weighted by Gasteiger charge is -2.10. The van der Waals surface area contributed by atoms with Gasteiger partial charge in [0.15, 0.2) is 0 Å². The van der Waals surface area contributed by atoms with Gasteiger partial charge in [-0.15, -0.1) is 0 Å². The van der Waals surface area contributed by atoms with Crippen molar-refractivity contribution in [1.29, 1.82) is 0 Å². The number of fused-ring (bicyclic) bond motifs is 1. The predicted octanol–water partition coefficient (Wildman–Crippen LogP) is 3.71. The van der Waals surface area contributed by atoms with E-state index in [1.54, 1.807) is 12.1 Å². The highest BCUT2D eigenvalue weighted by Gasteiger charge is 2.21. The van der Waals surface area contributed by atoms with E-state index in [1.165, 1.54) is 12.4 Å². The minimum atomic E-state index is -0.268. The fraction of sp³-hybridized carbons (Fsp3) is 0.0455. The van der Waals surface area contributed by atoms with Crippen LogP contribution in [0.2, 0.25) is 0 Å². The molecule has 0 radical (unpaired) electrons. The number of aryl methyl sites for hydroxylation is 1. The zero-order chi connectivity index (χ0) is 20.5. The fourth-order valence-electron chi connectivity index (χ4n) is 3.43. The highest BCUT2D eigenvalue weighted by atomic mass is 16.3. The van der Waals surface area contributed by atoms with E-state index in [4.69, 9.17) is 5.73 Å². The number of carbonyl (C=O) groups is 1. The topological polar surface area (TPSA) is 106 Å². The molecule has 0 bridgehead atoms. The largest absolute Gasteiger partial charge is 0.508 e. The van der Waals surface area contributed by atoms with Gasteiger partial charge in [-0.1, -0.05) is 30.8 Å². The van der Waals surface area contributed by atoms with E-state index < -0.39 is 0 Å². The zero-order valence-corrected chi connectivity index (χ0v) is 15.8. The first-order valence-corrected chi connectivity index (χ1v) is 8.91. The van der Waals surface area contributed by atoms with Crippen molar-refractivity contribution in [2.75, 3.05) is 11.1 Å². The summed E-state index contributed by atoms with van der Waals surface area (Å²) >= 11 is 0. The molecule has 0 atom stereocenters. The van der Waals surface area contributed by atoms with E-state index in [9.17, 15) is 9.90 Å². The molecule has 4 rings (SSSR count). The molecule has 7 nitrogen and oxygen atoms in total. The Kier molecular flexibility index (Phi) is 4.48. The number of aromatic hydroxyl groups is 1. The molecule has 0 saturated carbocycles. The van der Waals surface area contributed by atoms with Crippen molar-refractivity contribution in [2.24, 2.45) is 7.05 Å². The molecular weight excluding hydrogens is 366 g/mol. The first kappa shape index (κ1) is 18.2. The number of anilines is 2. The quantitative estimate of drug-likeness (QED) is 0.464. The summed E-state index contributed by atoms with van der Waals surface area (Å²) < 4.78 is 1.97. The van der Waals surface area contributed by atoms with Crippen molar-refractivity contribution in [2.45, 2.75) is 0 Å². The molecule has 0 aliphatic heterocycles. The number of hydrogen-bond acceptors (Lipinski definition) is 5. The molecule has 2 heterocycles. The first-order valence-electron chi connectivity index (χ1n) is 8.91. The molecule has 2 aromatic carbocycles. The van der Waals surface area contributed by atoms with Crippen molar-refractivity contribution in [3.63, 3.8) is 0 Å². The van der Waals surface area contributed by atoms with Gasteiger partial charge in [0.05, 0.1) is 11.1 Å². The molecule has 4 N–H and O–H groups in total. The van der Waals surface area contributed by atoms with Crippen LogP contribution in [0.1, 0.15) is 0 Å². The summed E-state index contributed by atoms with van der Waals surface area (Å²) in [5.41, 5.74) is 11.2. The summed E-state index contributed by atoms with van der Waals surface area (Å²) in [5, 5.41) is 13.2. The number of carbonyl (C=O) groups excluding carboxylic acids is 1. The van der Waals surface area contributed by atoms with Crippen LogP contribution in [0.15, 0.2) is 67.5 Å². The van der Waals surface area contributed by atoms with E-state index in [0.29, 0.717) is 17.2 Å². The number of phenols is 1. The minimum Gasteiger partial charge on any atom is -0.508 e. The van der Waals surface area contributed by atoms with Crippen LogP contribution in [0.25, 0.3) is 33.4 Å². The highest BCUT2D eigenvalue weighted by molar-refractivity contribution is 6.08. The second-order valence-corrected chi connectivity index (χ2v) is 6.56. The van der Waals surface area contributed by atoms with Gasteiger partial charge in [-0.25, -0.2) is 9.97 Å².